The summed E-state index contributed by atoms with van der Waals surface area (Å²) in [6.45, 7) is 5.78. The lowest BCUT2D eigenvalue weighted by Gasteiger charge is -2.19. The van der Waals surface area contributed by atoms with E-state index in [0.717, 1.165) is 35.4 Å². The number of hydrogen-bond donors (Lipinski definition) is 1. The summed E-state index contributed by atoms with van der Waals surface area (Å²) in [7, 11) is 1.81. The Morgan fingerprint density at radius 2 is 2.22 bits per heavy atom. The van der Waals surface area contributed by atoms with E-state index in [-0.39, 0.29) is 5.91 Å². The molecule has 0 aliphatic heterocycles. The molecule has 0 saturated heterocycles. The molecule has 102 valence electrons. The number of nitrogens with one attached hydrogen (secondary N) is 1. The van der Waals surface area contributed by atoms with Crippen molar-refractivity contribution in [2.24, 2.45) is 0 Å². The third-order valence-electron chi connectivity index (χ3n) is 2.46. The molecule has 0 bridgehead atoms. The molecule has 0 atom stereocenters. The summed E-state index contributed by atoms with van der Waals surface area (Å²) in [6, 6.07) is 0. The Hall–Kier alpha value is -0.820. The molecule has 1 heterocycles. The van der Waals surface area contributed by atoms with Crippen LogP contribution in [0.1, 0.15) is 26.7 Å². The smallest absolute Gasteiger partial charge is 0.233 e. The first-order valence-electron chi connectivity index (χ1n) is 6.13. The summed E-state index contributed by atoms with van der Waals surface area (Å²) < 4.78 is 0.833. The van der Waals surface area contributed by atoms with Crippen LogP contribution in [0.3, 0.4) is 0 Å². The quantitative estimate of drug-likeness (QED) is 0.744. The summed E-state index contributed by atoms with van der Waals surface area (Å²) in [4.78, 5) is 13.9. The van der Waals surface area contributed by atoms with E-state index >= 15 is 0 Å². The minimum Gasteiger partial charge on any atom is -0.363 e. The van der Waals surface area contributed by atoms with Crippen molar-refractivity contribution >= 4 is 34.1 Å². The lowest BCUT2D eigenvalue weighted by atomic mass is 10.3. The van der Waals surface area contributed by atoms with Gasteiger partial charge < -0.3 is 10.2 Å². The minimum atomic E-state index is 0.178. The van der Waals surface area contributed by atoms with Crippen molar-refractivity contribution in [1.29, 1.82) is 0 Å². The molecular formula is C11H20N4OS2. The molecule has 1 N–H and O–H groups in total. The first kappa shape index (κ1) is 15.2. The molecular weight excluding hydrogens is 268 g/mol. The molecule has 0 saturated carbocycles. The van der Waals surface area contributed by atoms with Gasteiger partial charge in [-0.15, -0.1) is 10.2 Å². The summed E-state index contributed by atoms with van der Waals surface area (Å²) in [5, 5.41) is 11.7. The maximum absolute atomic E-state index is 12.0. The number of carbonyl (C=O) groups is 1. The van der Waals surface area contributed by atoms with Crippen LogP contribution >= 0.6 is 23.1 Å². The van der Waals surface area contributed by atoms with Crippen LogP contribution in [0, 0.1) is 0 Å². The Labute approximate surface area is 116 Å². The Kier molecular flexibility index (Phi) is 7.04. The van der Waals surface area contributed by atoms with E-state index in [1.807, 2.05) is 18.9 Å². The molecule has 1 aromatic rings. The number of thioether (sulfide) groups is 1. The Morgan fingerprint density at radius 1 is 1.44 bits per heavy atom. The molecule has 7 heteroatoms. The maximum Gasteiger partial charge on any atom is 0.233 e. The van der Waals surface area contributed by atoms with Crippen LogP contribution < -0.4 is 5.32 Å². The molecule has 0 aliphatic rings. The molecule has 1 rings (SSSR count). The Balaban J connectivity index is 2.38. The van der Waals surface area contributed by atoms with Gasteiger partial charge in [0.1, 0.15) is 0 Å². The van der Waals surface area contributed by atoms with Gasteiger partial charge in [0.2, 0.25) is 11.0 Å². The van der Waals surface area contributed by atoms with E-state index in [4.69, 9.17) is 0 Å². The summed E-state index contributed by atoms with van der Waals surface area (Å²) >= 11 is 2.93. The maximum atomic E-state index is 12.0. The first-order chi connectivity index (χ1) is 8.71. The second kappa shape index (κ2) is 8.31. The standard InChI is InChI=1S/C11H20N4OS2/c1-4-6-7-15(5-2)9(16)8-17-11-14-13-10(12-3)18-11/h4-8H2,1-3H3,(H,12,13). The van der Waals surface area contributed by atoms with Crippen LogP contribution in [-0.2, 0) is 4.79 Å². The van der Waals surface area contributed by atoms with Crippen LogP contribution in [0.15, 0.2) is 4.34 Å². The van der Waals surface area contributed by atoms with Gasteiger partial charge in [0.25, 0.3) is 0 Å². The zero-order chi connectivity index (χ0) is 13.4. The second-order valence-corrected chi connectivity index (χ2v) is 5.94. The second-order valence-electron chi connectivity index (χ2n) is 3.74. The van der Waals surface area contributed by atoms with Crippen molar-refractivity contribution in [3.63, 3.8) is 0 Å². The fraction of sp³-hybridized carbons (Fsp3) is 0.727. The molecule has 5 nitrogen and oxygen atoms in total. The highest BCUT2D eigenvalue weighted by molar-refractivity contribution is 8.01. The van der Waals surface area contributed by atoms with Crippen molar-refractivity contribution < 1.29 is 4.79 Å². The van der Waals surface area contributed by atoms with Crippen LogP contribution in [0.5, 0.6) is 0 Å². The highest BCUT2D eigenvalue weighted by Gasteiger charge is 2.13. The molecule has 0 unspecified atom stereocenters. The van der Waals surface area contributed by atoms with Crippen molar-refractivity contribution in [2.75, 3.05) is 31.2 Å². The van der Waals surface area contributed by atoms with E-state index in [1.165, 1.54) is 23.1 Å². The average molecular weight is 288 g/mol. The number of carbonyl (C=O) groups excluding carboxylic acids is 1. The highest BCUT2D eigenvalue weighted by Crippen LogP contribution is 2.25. The van der Waals surface area contributed by atoms with Gasteiger partial charge >= 0.3 is 0 Å². The van der Waals surface area contributed by atoms with Crippen molar-refractivity contribution in [1.82, 2.24) is 15.1 Å². The number of anilines is 1. The van der Waals surface area contributed by atoms with Crippen LogP contribution in [0.2, 0.25) is 0 Å². The van der Waals surface area contributed by atoms with Gasteiger partial charge in [-0.05, 0) is 13.3 Å². The number of nitrogens with zero attached hydrogens (tertiary/aromatic N) is 3. The average Bonchev–Trinajstić information content (AvgIpc) is 2.85. The number of hydrogen-bond acceptors (Lipinski definition) is 6. The Morgan fingerprint density at radius 3 is 2.78 bits per heavy atom. The largest absolute Gasteiger partial charge is 0.363 e. The summed E-state index contributed by atoms with van der Waals surface area (Å²) in [6.07, 6.45) is 2.17. The minimum absolute atomic E-state index is 0.178. The molecule has 18 heavy (non-hydrogen) atoms. The first-order valence-corrected chi connectivity index (χ1v) is 7.93. The van der Waals surface area contributed by atoms with Crippen LogP contribution in [0.4, 0.5) is 5.13 Å². The molecule has 0 fully saturated rings. The zero-order valence-corrected chi connectivity index (χ0v) is 12.7. The molecule has 0 aliphatic carbocycles. The van der Waals surface area contributed by atoms with Gasteiger partial charge in [-0.2, -0.15) is 0 Å². The van der Waals surface area contributed by atoms with Gasteiger partial charge in [0.05, 0.1) is 5.75 Å². The SMILES string of the molecule is CCCCN(CC)C(=O)CSc1nnc(NC)s1. The number of unbranched alkanes of at least 4 members (excludes halogenated alkanes) is 1. The molecule has 0 spiro atoms. The fourth-order valence-electron chi connectivity index (χ4n) is 1.39. The number of aromatic nitrogens is 2. The van der Waals surface area contributed by atoms with E-state index < -0.39 is 0 Å². The van der Waals surface area contributed by atoms with Gasteiger partial charge in [-0.25, -0.2) is 0 Å². The third kappa shape index (κ3) is 4.81. The Bertz CT molecular complexity index is 370. The number of amides is 1. The lowest BCUT2D eigenvalue weighted by Crippen LogP contribution is -2.33. The van der Waals surface area contributed by atoms with Crippen LogP contribution in [-0.4, -0.2) is 46.9 Å². The van der Waals surface area contributed by atoms with E-state index in [2.05, 4.69) is 22.4 Å². The van der Waals surface area contributed by atoms with Crippen molar-refractivity contribution in [3.05, 3.63) is 0 Å². The molecule has 1 amide bonds. The van der Waals surface area contributed by atoms with Crippen molar-refractivity contribution in [3.8, 4) is 0 Å². The van der Waals surface area contributed by atoms with Gasteiger partial charge in [0.15, 0.2) is 4.34 Å². The molecule has 0 aromatic carbocycles. The molecule has 1 aromatic heterocycles. The van der Waals surface area contributed by atoms with Gasteiger partial charge in [-0.1, -0.05) is 36.4 Å². The van der Waals surface area contributed by atoms with Crippen molar-refractivity contribution in [2.45, 2.75) is 31.0 Å². The lowest BCUT2D eigenvalue weighted by molar-refractivity contribution is -0.128. The monoisotopic (exact) mass is 288 g/mol. The summed E-state index contributed by atoms with van der Waals surface area (Å²) in [5.41, 5.74) is 0. The summed E-state index contributed by atoms with van der Waals surface area (Å²) in [5.74, 6) is 0.618. The van der Waals surface area contributed by atoms with E-state index in [0.29, 0.717) is 5.75 Å². The fourth-order valence-corrected chi connectivity index (χ4v) is 3.00. The third-order valence-corrected chi connectivity index (χ3v) is 4.51. The number of rotatable bonds is 8. The predicted octanol–water partition coefficient (Wildman–Crippen LogP) is 2.32. The zero-order valence-electron chi connectivity index (χ0n) is 11.1. The van der Waals surface area contributed by atoms with E-state index in [1.54, 1.807) is 0 Å². The van der Waals surface area contributed by atoms with Crippen LogP contribution in [0.25, 0.3) is 0 Å². The highest BCUT2D eigenvalue weighted by atomic mass is 32.2. The normalized spacial score (nSPS) is 10.4. The predicted molar refractivity (Wildman–Crippen MR) is 77.3 cm³/mol. The topological polar surface area (TPSA) is 58.1 Å². The molecule has 0 radical (unpaired) electrons. The van der Waals surface area contributed by atoms with E-state index in [9.17, 15) is 4.79 Å². The van der Waals surface area contributed by atoms with Gasteiger partial charge in [0, 0.05) is 20.1 Å². The van der Waals surface area contributed by atoms with Gasteiger partial charge in [-0.3, -0.25) is 4.79 Å².